The van der Waals surface area contributed by atoms with E-state index in [0.717, 1.165) is 6.42 Å². The molecule has 0 aliphatic heterocycles. The first-order valence-corrected chi connectivity index (χ1v) is 8.14. The van der Waals surface area contributed by atoms with Crippen LogP contribution in [0.5, 0.6) is 0 Å². The maximum atomic E-state index is 13.0. The van der Waals surface area contributed by atoms with Gasteiger partial charge in [-0.2, -0.15) is 13.2 Å². The first-order valence-electron chi connectivity index (χ1n) is 6.66. The van der Waals surface area contributed by atoms with Crippen LogP contribution >= 0.6 is 0 Å². The molecular weight excluding hydrogens is 326 g/mol. The summed E-state index contributed by atoms with van der Waals surface area (Å²) >= 11 is 0. The second kappa shape index (κ2) is 6.13. The van der Waals surface area contributed by atoms with Gasteiger partial charge in [0.2, 0.25) is 10.0 Å². The van der Waals surface area contributed by atoms with Gasteiger partial charge in [-0.3, -0.25) is 0 Å². The number of benzene rings is 1. The van der Waals surface area contributed by atoms with Crippen molar-refractivity contribution in [1.29, 1.82) is 0 Å². The Labute approximate surface area is 125 Å². The van der Waals surface area contributed by atoms with Gasteiger partial charge in [-0.15, -0.1) is 0 Å². The highest BCUT2D eigenvalue weighted by molar-refractivity contribution is 7.89. The van der Waals surface area contributed by atoms with Crippen molar-refractivity contribution in [2.24, 2.45) is 5.92 Å². The third kappa shape index (κ3) is 3.76. The SMILES string of the molecule is O=S(=O)(NC[C@@H]1CCC[C@@H]1O)c1ccc(F)cc1C(F)(F)F. The van der Waals surface area contributed by atoms with E-state index in [4.69, 9.17) is 0 Å². The van der Waals surface area contributed by atoms with Crippen molar-refractivity contribution < 1.29 is 31.1 Å². The average molecular weight is 341 g/mol. The molecular formula is C13H15F4NO3S. The number of sulfonamides is 1. The standard InChI is InChI=1S/C13H15F4NO3S/c14-9-4-5-12(10(6-9)13(15,16)17)22(20,21)18-7-8-2-1-3-11(8)19/h4-6,8,11,18-19H,1-3,7H2/t8-,11-/m0/s1. The lowest BCUT2D eigenvalue weighted by Crippen LogP contribution is -2.33. The van der Waals surface area contributed by atoms with E-state index in [1.54, 1.807) is 0 Å². The number of nitrogens with one attached hydrogen (secondary N) is 1. The van der Waals surface area contributed by atoms with E-state index in [9.17, 15) is 31.1 Å². The van der Waals surface area contributed by atoms with E-state index in [2.05, 4.69) is 4.72 Å². The van der Waals surface area contributed by atoms with Gasteiger partial charge in [0.1, 0.15) is 5.82 Å². The third-order valence-corrected chi connectivity index (χ3v) is 5.17. The number of aliphatic hydroxyl groups is 1. The quantitative estimate of drug-likeness (QED) is 0.826. The summed E-state index contributed by atoms with van der Waals surface area (Å²) in [7, 11) is -4.45. The van der Waals surface area contributed by atoms with Crippen molar-refractivity contribution in [3.8, 4) is 0 Å². The van der Waals surface area contributed by atoms with Crippen LogP contribution in [0.3, 0.4) is 0 Å². The van der Waals surface area contributed by atoms with E-state index in [1.165, 1.54) is 0 Å². The molecule has 0 aromatic heterocycles. The maximum Gasteiger partial charge on any atom is 0.417 e. The highest BCUT2D eigenvalue weighted by atomic mass is 32.2. The van der Waals surface area contributed by atoms with Gasteiger partial charge in [-0.05, 0) is 37.0 Å². The summed E-state index contributed by atoms with van der Waals surface area (Å²) in [5.74, 6) is -1.50. The summed E-state index contributed by atoms with van der Waals surface area (Å²) in [6.45, 7) is -0.155. The first kappa shape index (κ1) is 17.2. The third-order valence-electron chi connectivity index (χ3n) is 3.69. The maximum absolute atomic E-state index is 13.0. The summed E-state index contributed by atoms with van der Waals surface area (Å²) in [5.41, 5.74) is -1.55. The normalized spacial score (nSPS) is 23.0. The number of hydrogen-bond donors (Lipinski definition) is 2. The van der Waals surface area contributed by atoms with Gasteiger partial charge in [0, 0.05) is 6.54 Å². The number of halogens is 4. The zero-order valence-corrected chi connectivity index (χ0v) is 12.2. The van der Waals surface area contributed by atoms with Crippen LogP contribution in [0, 0.1) is 11.7 Å². The zero-order chi connectivity index (χ0) is 16.5. The molecule has 1 aliphatic rings. The minimum Gasteiger partial charge on any atom is -0.393 e. The molecule has 0 heterocycles. The molecule has 2 rings (SSSR count). The van der Waals surface area contributed by atoms with Crippen molar-refractivity contribution in [3.63, 3.8) is 0 Å². The number of aliphatic hydroxyl groups excluding tert-OH is 1. The predicted octanol–water partition coefficient (Wildman–Crippen LogP) is 2.28. The van der Waals surface area contributed by atoms with Gasteiger partial charge in [-0.1, -0.05) is 6.42 Å². The van der Waals surface area contributed by atoms with Gasteiger partial charge in [0.15, 0.2) is 0 Å². The molecule has 0 saturated heterocycles. The van der Waals surface area contributed by atoms with E-state index in [-0.39, 0.29) is 18.5 Å². The Morgan fingerprint density at radius 3 is 2.50 bits per heavy atom. The first-order chi connectivity index (χ1) is 10.1. The van der Waals surface area contributed by atoms with Gasteiger partial charge >= 0.3 is 6.18 Å². The lowest BCUT2D eigenvalue weighted by molar-refractivity contribution is -0.140. The molecule has 0 amide bonds. The molecule has 0 spiro atoms. The molecule has 1 aromatic rings. The largest absolute Gasteiger partial charge is 0.417 e. The van der Waals surface area contributed by atoms with Gasteiger partial charge in [0.05, 0.1) is 16.6 Å². The Morgan fingerprint density at radius 2 is 1.95 bits per heavy atom. The number of alkyl halides is 3. The minimum absolute atomic E-state index is 0.152. The van der Waals surface area contributed by atoms with Crippen LogP contribution in [0.15, 0.2) is 23.1 Å². The second-order valence-corrected chi connectivity index (χ2v) is 6.98. The van der Waals surface area contributed by atoms with Crippen molar-refractivity contribution in [2.45, 2.75) is 36.4 Å². The van der Waals surface area contributed by atoms with Crippen LogP contribution < -0.4 is 4.72 Å². The molecule has 0 bridgehead atoms. The topological polar surface area (TPSA) is 66.4 Å². The van der Waals surface area contributed by atoms with Crippen molar-refractivity contribution >= 4 is 10.0 Å². The molecule has 1 saturated carbocycles. The number of hydrogen-bond acceptors (Lipinski definition) is 3. The van der Waals surface area contributed by atoms with Crippen LogP contribution in [0.4, 0.5) is 17.6 Å². The molecule has 22 heavy (non-hydrogen) atoms. The molecule has 2 N–H and O–H groups in total. The summed E-state index contributed by atoms with van der Waals surface area (Å²) in [4.78, 5) is -1.02. The second-order valence-electron chi connectivity index (χ2n) is 5.25. The lowest BCUT2D eigenvalue weighted by Gasteiger charge is -2.17. The van der Waals surface area contributed by atoms with Crippen molar-refractivity contribution in [1.82, 2.24) is 4.72 Å². The highest BCUT2D eigenvalue weighted by Crippen LogP contribution is 2.34. The van der Waals surface area contributed by atoms with Crippen LogP contribution in [0.1, 0.15) is 24.8 Å². The van der Waals surface area contributed by atoms with Gasteiger partial charge in [0.25, 0.3) is 0 Å². The molecule has 1 fully saturated rings. The highest BCUT2D eigenvalue weighted by Gasteiger charge is 2.38. The van der Waals surface area contributed by atoms with Crippen molar-refractivity contribution in [3.05, 3.63) is 29.6 Å². The molecule has 1 aromatic carbocycles. The predicted molar refractivity (Wildman–Crippen MR) is 69.9 cm³/mol. The summed E-state index contributed by atoms with van der Waals surface area (Å²) < 4.78 is 77.8. The van der Waals surface area contributed by atoms with Crippen LogP contribution in [0.2, 0.25) is 0 Å². The molecule has 2 atom stereocenters. The average Bonchev–Trinajstić information content (AvgIpc) is 2.81. The van der Waals surface area contributed by atoms with Crippen LogP contribution in [-0.4, -0.2) is 26.2 Å². The molecule has 9 heteroatoms. The van der Waals surface area contributed by atoms with Gasteiger partial charge in [-0.25, -0.2) is 17.5 Å². The summed E-state index contributed by atoms with van der Waals surface area (Å²) in [6, 6.07) is 1.40. The van der Waals surface area contributed by atoms with E-state index < -0.39 is 38.6 Å². The van der Waals surface area contributed by atoms with Gasteiger partial charge < -0.3 is 5.11 Å². The Kier molecular flexibility index (Phi) is 4.78. The zero-order valence-electron chi connectivity index (χ0n) is 11.4. The van der Waals surface area contributed by atoms with Crippen LogP contribution in [-0.2, 0) is 16.2 Å². The smallest absolute Gasteiger partial charge is 0.393 e. The fourth-order valence-corrected chi connectivity index (χ4v) is 3.81. The fraction of sp³-hybridized carbons (Fsp3) is 0.538. The van der Waals surface area contributed by atoms with E-state index >= 15 is 0 Å². The fourth-order valence-electron chi connectivity index (χ4n) is 2.51. The Bertz CT molecular complexity index is 645. The van der Waals surface area contributed by atoms with E-state index in [1.807, 2.05) is 0 Å². The number of rotatable bonds is 4. The molecule has 0 radical (unpaired) electrons. The van der Waals surface area contributed by atoms with Crippen LogP contribution in [0.25, 0.3) is 0 Å². The molecule has 1 aliphatic carbocycles. The Balaban J connectivity index is 2.26. The monoisotopic (exact) mass is 341 g/mol. The molecule has 0 unspecified atom stereocenters. The molecule has 124 valence electrons. The van der Waals surface area contributed by atoms with E-state index in [0.29, 0.717) is 25.0 Å². The minimum atomic E-state index is -4.99. The lowest BCUT2D eigenvalue weighted by atomic mass is 10.1. The Hall–Kier alpha value is -1.19. The van der Waals surface area contributed by atoms with Crippen molar-refractivity contribution in [2.75, 3.05) is 6.54 Å². The summed E-state index contributed by atoms with van der Waals surface area (Å²) in [5, 5.41) is 9.61. The molecule has 4 nitrogen and oxygen atoms in total. The Morgan fingerprint density at radius 1 is 1.27 bits per heavy atom. The summed E-state index contributed by atoms with van der Waals surface area (Å²) in [6.07, 6.45) is -3.79.